The summed E-state index contributed by atoms with van der Waals surface area (Å²) in [7, 11) is 0. The highest BCUT2D eigenvalue weighted by atomic mass is 35.5. The minimum Gasteiger partial charge on any atom is -0.461 e. The molecule has 1 atom stereocenters. The lowest BCUT2D eigenvalue weighted by molar-refractivity contribution is -0.0145. The van der Waals surface area contributed by atoms with Crippen LogP contribution in [0.4, 0.5) is 23.2 Å². The molecule has 2 aromatic rings. The highest BCUT2D eigenvalue weighted by Gasteiger charge is 2.46. The third-order valence-electron chi connectivity index (χ3n) is 4.46. The van der Waals surface area contributed by atoms with E-state index < -0.39 is 42.7 Å². The van der Waals surface area contributed by atoms with Gasteiger partial charge in [0.2, 0.25) is 6.86 Å². The summed E-state index contributed by atoms with van der Waals surface area (Å²) in [4.78, 5) is 20.2. The number of anilines is 1. The summed E-state index contributed by atoms with van der Waals surface area (Å²) < 4.78 is 64.2. The second kappa shape index (κ2) is 9.92. The molecule has 168 valence electrons. The number of alkyl halides is 3. The summed E-state index contributed by atoms with van der Waals surface area (Å²) in [6.07, 6.45) is -1.94. The molecule has 0 radical (unpaired) electrons. The zero-order chi connectivity index (χ0) is 21.9. The van der Waals surface area contributed by atoms with Crippen LogP contribution in [0.5, 0.6) is 5.75 Å². The van der Waals surface area contributed by atoms with E-state index in [1.165, 1.54) is 18.3 Å². The van der Waals surface area contributed by atoms with Crippen molar-refractivity contribution >= 4 is 29.8 Å². The number of aliphatic imine (C=N–C) groups is 1. The average Bonchev–Trinajstić information content (AvgIpc) is 2.69. The first kappa shape index (κ1) is 24.4. The molecule has 0 saturated heterocycles. The number of nitrogens with one attached hydrogen (secondary N) is 1. The fraction of sp³-hybridized carbons (Fsp3) is 0.316. The van der Waals surface area contributed by atoms with Gasteiger partial charge in [-0.15, -0.1) is 12.4 Å². The van der Waals surface area contributed by atoms with Gasteiger partial charge in [-0.3, -0.25) is 9.79 Å². The third kappa shape index (κ3) is 5.05. The number of hydrogen-bond acceptors (Lipinski definition) is 6. The van der Waals surface area contributed by atoms with E-state index in [1.807, 2.05) is 0 Å². The number of hydrogen-bond donors (Lipinski definition) is 2. The fourth-order valence-corrected chi connectivity index (χ4v) is 3.05. The van der Waals surface area contributed by atoms with Gasteiger partial charge in [-0.1, -0.05) is 0 Å². The van der Waals surface area contributed by atoms with Gasteiger partial charge in [0, 0.05) is 11.3 Å². The van der Waals surface area contributed by atoms with Gasteiger partial charge in [0.05, 0.1) is 12.8 Å². The van der Waals surface area contributed by atoms with Gasteiger partial charge in [0.25, 0.3) is 12.3 Å². The largest absolute Gasteiger partial charge is 0.461 e. The van der Waals surface area contributed by atoms with Crippen LogP contribution in [0.2, 0.25) is 0 Å². The van der Waals surface area contributed by atoms with E-state index >= 15 is 0 Å². The molecule has 0 bridgehead atoms. The summed E-state index contributed by atoms with van der Waals surface area (Å²) in [5, 5.41) is 2.48. The minimum atomic E-state index is -3.11. The maximum absolute atomic E-state index is 14.5. The molecule has 1 aromatic heterocycles. The number of amides is 1. The SMILES string of the molecule is Cc1cc(OCF)cnc1C(=O)Nc1ccc(F)c([C@]2(C(F)F)COCC(N)=N2)c1.Cl. The first-order chi connectivity index (χ1) is 14.3. The van der Waals surface area contributed by atoms with Crippen molar-refractivity contribution in [3.63, 3.8) is 0 Å². The lowest BCUT2D eigenvalue weighted by Gasteiger charge is -2.33. The van der Waals surface area contributed by atoms with Crippen molar-refractivity contribution in [2.24, 2.45) is 10.7 Å². The first-order valence-electron chi connectivity index (χ1n) is 8.73. The lowest BCUT2D eigenvalue weighted by Crippen LogP contribution is -2.45. The van der Waals surface area contributed by atoms with Crippen molar-refractivity contribution in [1.82, 2.24) is 4.98 Å². The number of pyridine rings is 1. The predicted molar refractivity (Wildman–Crippen MR) is 107 cm³/mol. The van der Waals surface area contributed by atoms with Crippen molar-refractivity contribution in [2.45, 2.75) is 18.9 Å². The molecule has 0 spiro atoms. The van der Waals surface area contributed by atoms with Crippen LogP contribution in [-0.4, -0.2) is 43.2 Å². The molecule has 1 aliphatic heterocycles. The van der Waals surface area contributed by atoms with Crippen molar-refractivity contribution in [3.8, 4) is 5.75 Å². The van der Waals surface area contributed by atoms with Crippen LogP contribution in [0, 0.1) is 12.7 Å². The second-order valence-corrected chi connectivity index (χ2v) is 6.56. The maximum Gasteiger partial charge on any atom is 0.274 e. The Morgan fingerprint density at radius 1 is 1.39 bits per heavy atom. The standard InChI is InChI=1S/C19H18F4N4O3.ClH/c1-10-4-12(30-9-20)6-25-16(10)17(28)26-11-2-3-14(21)13(5-11)19(18(22)23)8-29-7-15(24)27-19;/h2-6,18H,7-9H2,1H3,(H2,24,27)(H,26,28);1H/t19-;/m0./s1. The molecular formula is C19H19ClF4N4O3. The lowest BCUT2D eigenvalue weighted by atomic mass is 9.90. The fourth-order valence-electron chi connectivity index (χ4n) is 3.05. The van der Waals surface area contributed by atoms with Crippen molar-refractivity contribution in [1.29, 1.82) is 0 Å². The summed E-state index contributed by atoms with van der Waals surface area (Å²) >= 11 is 0. The first-order valence-corrected chi connectivity index (χ1v) is 8.73. The highest BCUT2D eigenvalue weighted by molar-refractivity contribution is 6.03. The van der Waals surface area contributed by atoms with E-state index in [0.717, 1.165) is 12.1 Å². The Labute approximate surface area is 181 Å². The molecule has 0 unspecified atom stereocenters. The van der Waals surface area contributed by atoms with E-state index in [9.17, 15) is 22.4 Å². The number of rotatable bonds is 6. The molecule has 7 nitrogen and oxygen atoms in total. The number of nitrogens with two attached hydrogens (primary N) is 1. The quantitative estimate of drug-likeness (QED) is 0.641. The number of carbonyl (C=O) groups is 1. The molecule has 0 fully saturated rings. The molecule has 2 heterocycles. The molecule has 0 aliphatic carbocycles. The summed E-state index contributed by atoms with van der Waals surface area (Å²) in [5.41, 5.74) is 3.18. The number of nitrogens with zero attached hydrogens (tertiary/aromatic N) is 2. The van der Waals surface area contributed by atoms with Crippen LogP contribution in [0.15, 0.2) is 35.5 Å². The van der Waals surface area contributed by atoms with Crippen molar-refractivity contribution < 1.29 is 31.8 Å². The monoisotopic (exact) mass is 462 g/mol. The molecule has 12 heteroatoms. The van der Waals surface area contributed by atoms with Crippen LogP contribution >= 0.6 is 12.4 Å². The normalized spacial score (nSPS) is 18.2. The Hall–Kier alpha value is -2.92. The summed E-state index contributed by atoms with van der Waals surface area (Å²) in [6.45, 7) is -0.199. The molecule has 1 aliphatic rings. The predicted octanol–water partition coefficient (Wildman–Crippen LogP) is 3.36. The Morgan fingerprint density at radius 3 is 2.74 bits per heavy atom. The molecule has 1 aromatic carbocycles. The van der Waals surface area contributed by atoms with E-state index in [-0.39, 0.29) is 42.0 Å². The van der Waals surface area contributed by atoms with Gasteiger partial charge in [-0.05, 0) is 36.8 Å². The molecular weight excluding hydrogens is 444 g/mol. The third-order valence-corrected chi connectivity index (χ3v) is 4.46. The van der Waals surface area contributed by atoms with Gasteiger partial charge in [-0.25, -0.2) is 22.5 Å². The number of aryl methyl sites for hydroxylation is 1. The highest BCUT2D eigenvalue weighted by Crippen LogP contribution is 2.38. The van der Waals surface area contributed by atoms with Crippen molar-refractivity contribution in [2.75, 3.05) is 25.4 Å². The van der Waals surface area contributed by atoms with Crippen LogP contribution in [-0.2, 0) is 10.3 Å². The minimum absolute atomic E-state index is 0. The summed E-state index contributed by atoms with van der Waals surface area (Å²) in [6, 6.07) is 4.62. The van der Waals surface area contributed by atoms with Crippen LogP contribution in [0.3, 0.4) is 0 Å². The average molecular weight is 463 g/mol. The number of benzene rings is 1. The van der Waals surface area contributed by atoms with Crippen LogP contribution < -0.4 is 15.8 Å². The molecule has 0 saturated carbocycles. The van der Waals surface area contributed by atoms with Gasteiger partial charge in [0.1, 0.15) is 29.7 Å². The van der Waals surface area contributed by atoms with Gasteiger partial charge in [-0.2, -0.15) is 0 Å². The Kier molecular flexibility index (Phi) is 7.80. The van der Waals surface area contributed by atoms with Gasteiger partial charge < -0.3 is 20.5 Å². The van der Waals surface area contributed by atoms with E-state index in [0.29, 0.717) is 5.56 Å². The molecule has 3 N–H and O–H groups in total. The van der Waals surface area contributed by atoms with Crippen LogP contribution in [0.25, 0.3) is 0 Å². The Bertz CT molecular complexity index is 993. The van der Waals surface area contributed by atoms with Crippen LogP contribution in [0.1, 0.15) is 21.6 Å². The van der Waals surface area contributed by atoms with E-state index in [4.69, 9.17) is 10.5 Å². The zero-order valence-corrected chi connectivity index (χ0v) is 17.0. The Morgan fingerprint density at radius 2 is 2.13 bits per heavy atom. The molecule has 1 amide bonds. The van der Waals surface area contributed by atoms with Gasteiger partial charge in [0.15, 0.2) is 5.54 Å². The summed E-state index contributed by atoms with van der Waals surface area (Å²) in [5.74, 6) is -1.67. The number of aromatic nitrogens is 1. The van der Waals surface area contributed by atoms with E-state index in [1.54, 1.807) is 6.92 Å². The second-order valence-electron chi connectivity index (χ2n) is 6.56. The van der Waals surface area contributed by atoms with E-state index in [2.05, 4.69) is 20.0 Å². The maximum atomic E-state index is 14.5. The van der Waals surface area contributed by atoms with Gasteiger partial charge >= 0.3 is 0 Å². The van der Waals surface area contributed by atoms with Crippen molar-refractivity contribution in [3.05, 3.63) is 53.1 Å². The topological polar surface area (TPSA) is 98.8 Å². The molecule has 3 rings (SSSR count). The smallest absolute Gasteiger partial charge is 0.274 e. The number of amidine groups is 1. The zero-order valence-electron chi connectivity index (χ0n) is 16.2. The number of ether oxygens (including phenoxy) is 2. The number of halogens is 5. The molecule has 31 heavy (non-hydrogen) atoms. The Balaban J connectivity index is 0.00000341. The number of carbonyl (C=O) groups excluding carboxylic acids is 1.